The van der Waals surface area contributed by atoms with Crippen LogP contribution in [0.1, 0.15) is 11.1 Å². The van der Waals surface area contributed by atoms with Crippen LogP contribution in [0.2, 0.25) is 5.02 Å². The van der Waals surface area contributed by atoms with Gasteiger partial charge in [0.25, 0.3) is 0 Å². The Morgan fingerprint density at radius 3 is 2.87 bits per heavy atom. The van der Waals surface area contributed by atoms with E-state index in [0.29, 0.717) is 0 Å². The van der Waals surface area contributed by atoms with E-state index in [-0.39, 0.29) is 6.10 Å². The van der Waals surface area contributed by atoms with Gasteiger partial charge in [0.05, 0.1) is 12.7 Å². The molecule has 1 atom stereocenters. The average molecular weight is 344 g/mol. The van der Waals surface area contributed by atoms with Crippen LogP contribution in [0, 0.1) is 0 Å². The summed E-state index contributed by atoms with van der Waals surface area (Å²) in [6.45, 7) is 2.70. The van der Waals surface area contributed by atoms with Gasteiger partial charge >= 0.3 is 0 Å². The highest BCUT2D eigenvalue weighted by molar-refractivity contribution is 7.99. The quantitative estimate of drug-likeness (QED) is 0.642. The first kappa shape index (κ1) is 15.3. The van der Waals surface area contributed by atoms with Gasteiger partial charge in [-0.05, 0) is 54.1 Å². The largest absolute Gasteiger partial charge is 0.371 e. The number of morpholine rings is 1. The molecule has 1 saturated heterocycles. The van der Waals surface area contributed by atoms with Gasteiger partial charge in [0.15, 0.2) is 0 Å². The molecule has 2 heterocycles. The Bertz CT molecular complexity index is 774. The second-order valence-corrected chi connectivity index (χ2v) is 7.51. The van der Waals surface area contributed by atoms with Crippen molar-refractivity contribution in [1.29, 1.82) is 0 Å². The van der Waals surface area contributed by atoms with Crippen LogP contribution in [0.3, 0.4) is 0 Å². The van der Waals surface area contributed by atoms with Gasteiger partial charge in [-0.1, -0.05) is 41.6 Å². The van der Waals surface area contributed by atoms with Crippen LogP contribution < -0.4 is 0 Å². The van der Waals surface area contributed by atoms with E-state index in [4.69, 9.17) is 16.3 Å². The van der Waals surface area contributed by atoms with Gasteiger partial charge in [-0.2, -0.15) is 0 Å². The molecular formula is C19H18ClNOS. The standard InChI is InChI=1S/C19H18ClNOS/c1-21-8-9-22-14(12-21)11-16-15-4-2-3-5-18(15)23-19-7-6-13(20)10-17(16)19/h2-7,10-11,14H,8-9,12H2,1H3/b16-11-. The minimum atomic E-state index is 0.117. The second-order valence-electron chi connectivity index (χ2n) is 5.99. The van der Waals surface area contributed by atoms with Crippen molar-refractivity contribution in [2.24, 2.45) is 0 Å². The van der Waals surface area contributed by atoms with Gasteiger partial charge in [-0.25, -0.2) is 0 Å². The summed E-state index contributed by atoms with van der Waals surface area (Å²) in [6, 6.07) is 14.7. The van der Waals surface area contributed by atoms with Crippen LogP contribution in [0.5, 0.6) is 0 Å². The lowest BCUT2D eigenvalue weighted by Crippen LogP contribution is -2.39. The van der Waals surface area contributed by atoms with Crippen molar-refractivity contribution in [3.05, 3.63) is 64.7 Å². The molecule has 0 spiro atoms. The molecule has 2 aliphatic rings. The first-order valence-electron chi connectivity index (χ1n) is 7.80. The third-order valence-corrected chi connectivity index (χ3v) is 5.66. The molecule has 0 aliphatic carbocycles. The molecule has 23 heavy (non-hydrogen) atoms. The molecule has 4 rings (SSSR count). The smallest absolute Gasteiger partial charge is 0.0892 e. The Morgan fingerprint density at radius 1 is 1.17 bits per heavy atom. The molecule has 0 amide bonds. The minimum absolute atomic E-state index is 0.117. The lowest BCUT2D eigenvalue weighted by molar-refractivity contribution is 0.00723. The van der Waals surface area contributed by atoms with Crippen molar-refractivity contribution < 1.29 is 4.74 Å². The first-order chi connectivity index (χ1) is 11.2. The van der Waals surface area contributed by atoms with Crippen molar-refractivity contribution in [2.75, 3.05) is 26.7 Å². The van der Waals surface area contributed by atoms with E-state index < -0.39 is 0 Å². The summed E-state index contributed by atoms with van der Waals surface area (Å²) < 4.78 is 5.95. The van der Waals surface area contributed by atoms with Crippen LogP contribution in [0.15, 0.2) is 58.3 Å². The number of ether oxygens (including phenoxy) is 1. The predicted molar refractivity (Wildman–Crippen MR) is 96.3 cm³/mol. The highest BCUT2D eigenvalue weighted by Crippen LogP contribution is 2.46. The van der Waals surface area contributed by atoms with Crippen LogP contribution in [-0.2, 0) is 4.74 Å². The van der Waals surface area contributed by atoms with Gasteiger partial charge in [-0.15, -0.1) is 0 Å². The molecule has 0 bridgehead atoms. The normalized spacial score (nSPS) is 22.7. The number of benzene rings is 2. The van der Waals surface area contributed by atoms with Gasteiger partial charge in [0.1, 0.15) is 0 Å². The summed E-state index contributed by atoms with van der Waals surface area (Å²) in [7, 11) is 2.14. The molecule has 118 valence electrons. The molecule has 0 radical (unpaired) electrons. The Kier molecular flexibility index (Phi) is 4.20. The third-order valence-electron chi connectivity index (χ3n) is 4.28. The third kappa shape index (κ3) is 3.07. The molecule has 0 saturated carbocycles. The van der Waals surface area contributed by atoms with Gasteiger partial charge in [-0.3, -0.25) is 0 Å². The zero-order valence-electron chi connectivity index (χ0n) is 13.0. The van der Waals surface area contributed by atoms with E-state index in [1.807, 2.05) is 6.07 Å². The maximum atomic E-state index is 6.26. The van der Waals surface area contributed by atoms with Crippen LogP contribution in [-0.4, -0.2) is 37.7 Å². The first-order valence-corrected chi connectivity index (χ1v) is 8.99. The Balaban J connectivity index is 1.82. The minimum Gasteiger partial charge on any atom is -0.371 e. The fourth-order valence-corrected chi connectivity index (χ4v) is 4.38. The zero-order valence-corrected chi connectivity index (χ0v) is 14.5. The molecule has 0 aromatic heterocycles. The molecule has 1 fully saturated rings. The van der Waals surface area contributed by atoms with Crippen molar-refractivity contribution in [3.63, 3.8) is 0 Å². The van der Waals surface area contributed by atoms with Crippen LogP contribution >= 0.6 is 23.4 Å². The summed E-state index contributed by atoms with van der Waals surface area (Å²) >= 11 is 8.07. The fourth-order valence-electron chi connectivity index (χ4n) is 3.12. The Labute approximate surface area is 146 Å². The van der Waals surface area contributed by atoms with Crippen LogP contribution in [0.4, 0.5) is 0 Å². The van der Waals surface area contributed by atoms with Crippen molar-refractivity contribution in [2.45, 2.75) is 15.9 Å². The topological polar surface area (TPSA) is 12.5 Å². The van der Waals surface area contributed by atoms with Crippen molar-refractivity contribution in [1.82, 2.24) is 4.90 Å². The Hall–Kier alpha value is -1.26. The lowest BCUT2D eigenvalue weighted by atomic mass is 9.95. The van der Waals surface area contributed by atoms with Crippen molar-refractivity contribution >= 4 is 28.9 Å². The molecule has 2 nitrogen and oxygen atoms in total. The Morgan fingerprint density at radius 2 is 2.00 bits per heavy atom. The maximum Gasteiger partial charge on any atom is 0.0892 e. The molecule has 4 heteroatoms. The highest BCUT2D eigenvalue weighted by atomic mass is 35.5. The number of nitrogens with zero attached hydrogens (tertiary/aromatic N) is 1. The zero-order chi connectivity index (χ0) is 15.8. The number of hydrogen-bond acceptors (Lipinski definition) is 3. The highest BCUT2D eigenvalue weighted by Gasteiger charge is 2.23. The fraction of sp³-hybridized carbons (Fsp3) is 0.263. The second kappa shape index (κ2) is 6.33. The van der Waals surface area contributed by atoms with E-state index >= 15 is 0 Å². The lowest BCUT2D eigenvalue weighted by Gasteiger charge is -2.30. The molecular weight excluding hydrogens is 326 g/mol. The van der Waals surface area contributed by atoms with E-state index in [2.05, 4.69) is 54.4 Å². The number of halogens is 1. The van der Waals surface area contributed by atoms with Crippen molar-refractivity contribution in [3.8, 4) is 0 Å². The van der Waals surface area contributed by atoms with Gasteiger partial charge in [0, 0.05) is 27.9 Å². The SMILES string of the molecule is CN1CCOC(/C=C2/c3ccccc3Sc3ccc(Cl)cc32)C1. The summed E-state index contributed by atoms with van der Waals surface area (Å²) in [5.41, 5.74) is 3.71. The van der Waals surface area contributed by atoms with Gasteiger partial charge < -0.3 is 9.64 Å². The molecule has 2 aromatic rings. The van der Waals surface area contributed by atoms with E-state index in [9.17, 15) is 0 Å². The predicted octanol–water partition coefficient (Wildman–Crippen LogP) is 4.57. The van der Waals surface area contributed by atoms with Crippen LogP contribution in [0.25, 0.3) is 5.57 Å². The number of fused-ring (bicyclic) bond motifs is 2. The number of likely N-dealkylation sites (N-methyl/N-ethyl adjacent to an activating group) is 1. The molecule has 2 aliphatic heterocycles. The molecule has 1 unspecified atom stereocenters. The summed E-state index contributed by atoms with van der Waals surface area (Å²) in [4.78, 5) is 4.86. The monoisotopic (exact) mass is 343 g/mol. The number of rotatable bonds is 1. The summed E-state index contributed by atoms with van der Waals surface area (Å²) in [6.07, 6.45) is 2.38. The average Bonchev–Trinajstić information content (AvgIpc) is 2.55. The van der Waals surface area contributed by atoms with Gasteiger partial charge in [0.2, 0.25) is 0 Å². The molecule has 2 aromatic carbocycles. The van der Waals surface area contributed by atoms with E-state index in [1.54, 1.807) is 11.8 Å². The van der Waals surface area contributed by atoms with E-state index in [0.717, 1.165) is 24.7 Å². The number of hydrogen-bond donors (Lipinski definition) is 0. The summed E-state index contributed by atoms with van der Waals surface area (Å²) in [5, 5.41) is 0.774. The molecule has 0 N–H and O–H groups in total. The summed E-state index contributed by atoms with van der Waals surface area (Å²) in [5.74, 6) is 0. The van der Waals surface area contributed by atoms with E-state index in [1.165, 1.54) is 26.5 Å². The maximum absolute atomic E-state index is 6.26.